The monoisotopic (exact) mass is 365 g/mol. The molecule has 1 aromatic heterocycles. The number of hydrogen-bond acceptors (Lipinski definition) is 3. The number of Topliss-reactive ketones (excluding diaryl/α,β-unsaturated/α-hetero) is 1. The Labute approximate surface area is 159 Å². The Bertz CT molecular complexity index is 845. The number of ether oxygens (including phenoxy) is 1. The largest absolute Gasteiger partial charge is 0.458 e. The first-order chi connectivity index (χ1) is 13.1. The average molecular weight is 365 g/mol. The molecule has 4 heteroatoms. The van der Waals surface area contributed by atoms with Crippen LogP contribution >= 0.6 is 0 Å². The van der Waals surface area contributed by atoms with Crippen molar-refractivity contribution < 1.29 is 14.3 Å². The molecule has 4 aliphatic carbocycles. The molecule has 2 aromatic rings. The summed E-state index contributed by atoms with van der Waals surface area (Å²) in [7, 11) is 0. The van der Waals surface area contributed by atoms with Crippen LogP contribution in [0.1, 0.15) is 44.9 Å². The van der Waals surface area contributed by atoms with Crippen LogP contribution < -0.4 is 0 Å². The Kier molecular flexibility index (Phi) is 4.10. The van der Waals surface area contributed by atoms with E-state index in [2.05, 4.69) is 22.8 Å². The predicted molar refractivity (Wildman–Crippen MR) is 103 cm³/mol. The van der Waals surface area contributed by atoms with Crippen LogP contribution in [0.15, 0.2) is 36.5 Å². The van der Waals surface area contributed by atoms with Crippen molar-refractivity contribution in [2.24, 2.45) is 23.2 Å². The van der Waals surface area contributed by atoms with Crippen molar-refractivity contribution in [1.29, 1.82) is 0 Å². The van der Waals surface area contributed by atoms with Gasteiger partial charge in [0.15, 0.2) is 12.4 Å². The van der Waals surface area contributed by atoms with Gasteiger partial charge in [-0.1, -0.05) is 18.2 Å². The lowest BCUT2D eigenvalue weighted by Crippen LogP contribution is -2.51. The van der Waals surface area contributed by atoms with Crippen molar-refractivity contribution in [1.82, 2.24) is 4.57 Å². The molecule has 0 amide bonds. The SMILES string of the molecule is O=C(CCn1ccc2ccccc21)OCC(=O)C12CC3CC(CC(C3)C1)C2. The first kappa shape index (κ1) is 17.0. The lowest BCUT2D eigenvalue weighted by atomic mass is 9.48. The number of carbonyl (C=O) groups excluding carboxylic acids is 2. The fraction of sp³-hybridized carbons (Fsp3) is 0.565. The second-order valence-electron chi connectivity index (χ2n) is 9.10. The summed E-state index contributed by atoms with van der Waals surface area (Å²) in [5.41, 5.74) is 0.945. The molecule has 6 rings (SSSR count). The molecule has 0 unspecified atom stereocenters. The van der Waals surface area contributed by atoms with Crippen molar-refractivity contribution in [2.45, 2.75) is 51.5 Å². The Morgan fingerprint density at radius 3 is 2.37 bits per heavy atom. The molecule has 1 aromatic carbocycles. The molecular weight excluding hydrogens is 338 g/mol. The van der Waals surface area contributed by atoms with Gasteiger partial charge >= 0.3 is 5.97 Å². The van der Waals surface area contributed by atoms with E-state index < -0.39 is 0 Å². The smallest absolute Gasteiger partial charge is 0.308 e. The highest BCUT2D eigenvalue weighted by Crippen LogP contribution is 2.60. The molecule has 0 saturated heterocycles. The fourth-order valence-electron chi connectivity index (χ4n) is 6.37. The van der Waals surface area contributed by atoms with E-state index in [4.69, 9.17) is 4.74 Å². The van der Waals surface area contributed by atoms with Gasteiger partial charge < -0.3 is 9.30 Å². The van der Waals surface area contributed by atoms with Crippen LogP contribution in [-0.4, -0.2) is 22.9 Å². The number of esters is 1. The highest BCUT2D eigenvalue weighted by Gasteiger charge is 2.54. The van der Waals surface area contributed by atoms with E-state index in [0.29, 0.717) is 13.0 Å². The summed E-state index contributed by atoms with van der Waals surface area (Å²) in [6.45, 7) is 0.551. The number of rotatable bonds is 6. The summed E-state index contributed by atoms with van der Waals surface area (Å²) < 4.78 is 7.47. The minimum atomic E-state index is -0.272. The second-order valence-corrected chi connectivity index (χ2v) is 9.10. The van der Waals surface area contributed by atoms with E-state index in [1.807, 2.05) is 18.3 Å². The van der Waals surface area contributed by atoms with Crippen LogP contribution in [0.5, 0.6) is 0 Å². The van der Waals surface area contributed by atoms with Gasteiger partial charge in [0.25, 0.3) is 0 Å². The summed E-state index contributed by atoms with van der Waals surface area (Å²) in [4.78, 5) is 25.1. The predicted octanol–water partition coefficient (Wildman–Crippen LogP) is 4.36. The quantitative estimate of drug-likeness (QED) is 0.715. The van der Waals surface area contributed by atoms with Crippen LogP contribution in [0.3, 0.4) is 0 Å². The molecule has 0 aliphatic heterocycles. The van der Waals surface area contributed by atoms with Gasteiger partial charge in [0, 0.05) is 23.7 Å². The zero-order chi connectivity index (χ0) is 18.4. The maximum atomic E-state index is 12.9. The van der Waals surface area contributed by atoms with Crippen molar-refractivity contribution in [3.8, 4) is 0 Å². The molecule has 4 fully saturated rings. The molecule has 0 radical (unpaired) electrons. The molecule has 4 bridgehead atoms. The second kappa shape index (κ2) is 6.50. The summed E-state index contributed by atoms with van der Waals surface area (Å²) >= 11 is 0. The van der Waals surface area contributed by atoms with Gasteiger partial charge in [-0.25, -0.2) is 0 Å². The first-order valence-corrected chi connectivity index (χ1v) is 10.3. The molecular formula is C23H27NO3. The van der Waals surface area contributed by atoms with Crippen LogP contribution in [-0.2, 0) is 20.9 Å². The van der Waals surface area contributed by atoms with E-state index in [-0.39, 0.29) is 23.8 Å². The summed E-state index contributed by atoms with van der Waals surface area (Å²) in [5, 5.41) is 1.17. The summed E-state index contributed by atoms with van der Waals surface area (Å²) in [6.07, 6.45) is 9.34. The van der Waals surface area contributed by atoms with Crippen LogP contribution in [0.25, 0.3) is 10.9 Å². The fourth-order valence-corrected chi connectivity index (χ4v) is 6.37. The third kappa shape index (κ3) is 3.09. The summed E-state index contributed by atoms with van der Waals surface area (Å²) in [5.74, 6) is 2.11. The Balaban J connectivity index is 1.16. The highest BCUT2D eigenvalue weighted by molar-refractivity contribution is 5.88. The number of aryl methyl sites for hydroxylation is 1. The Hall–Kier alpha value is -2.10. The zero-order valence-corrected chi connectivity index (χ0v) is 15.7. The number of carbonyl (C=O) groups is 2. The Morgan fingerprint density at radius 2 is 1.67 bits per heavy atom. The van der Waals surface area contributed by atoms with Gasteiger partial charge in [0.05, 0.1) is 6.42 Å². The number of nitrogens with zero attached hydrogens (tertiary/aromatic N) is 1. The Morgan fingerprint density at radius 1 is 1.00 bits per heavy atom. The molecule has 0 spiro atoms. The van der Waals surface area contributed by atoms with Crippen molar-refractivity contribution >= 4 is 22.7 Å². The van der Waals surface area contributed by atoms with Crippen molar-refractivity contribution in [3.63, 3.8) is 0 Å². The number of benzene rings is 1. The minimum Gasteiger partial charge on any atom is -0.458 e. The summed E-state index contributed by atoms with van der Waals surface area (Å²) in [6, 6.07) is 10.2. The van der Waals surface area contributed by atoms with Crippen LogP contribution in [0, 0.1) is 23.2 Å². The number of fused-ring (bicyclic) bond motifs is 1. The maximum Gasteiger partial charge on any atom is 0.308 e. The highest BCUT2D eigenvalue weighted by atomic mass is 16.5. The lowest BCUT2D eigenvalue weighted by Gasteiger charge is -2.55. The third-order valence-electron chi connectivity index (χ3n) is 7.23. The molecule has 27 heavy (non-hydrogen) atoms. The normalized spacial score (nSPS) is 31.3. The van der Waals surface area contributed by atoms with Crippen LogP contribution in [0.4, 0.5) is 0 Å². The molecule has 4 aliphatic rings. The standard InChI is InChI=1S/C23H27NO3/c25-21(23-12-16-9-17(13-23)11-18(10-16)14-23)15-27-22(26)6-8-24-7-5-19-3-1-2-4-20(19)24/h1-5,7,16-18H,6,8-15H2. The van der Waals surface area contributed by atoms with Gasteiger partial charge in [0.2, 0.25) is 0 Å². The number of hydrogen-bond donors (Lipinski definition) is 0. The molecule has 0 atom stereocenters. The lowest BCUT2D eigenvalue weighted by molar-refractivity contribution is -0.157. The molecule has 1 heterocycles. The van der Waals surface area contributed by atoms with Gasteiger partial charge in [0.1, 0.15) is 0 Å². The van der Waals surface area contributed by atoms with Crippen molar-refractivity contribution in [3.05, 3.63) is 36.5 Å². The molecule has 0 N–H and O–H groups in total. The van der Waals surface area contributed by atoms with Gasteiger partial charge in [-0.2, -0.15) is 0 Å². The molecule has 142 valence electrons. The first-order valence-electron chi connectivity index (χ1n) is 10.3. The number of para-hydroxylation sites is 1. The third-order valence-corrected chi connectivity index (χ3v) is 7.23. The average Bonchev–Trinajstić information content (AvgIpc) is 3.06. The van der Waals surface area contributed by atoms with E-state index in [9.17, 15) is 9.59 Å². The van der Waals surface area contributed by atoms with Crippen LogP contribution in [0.2, 0.25) is 0 Å². The zero-order valence-electron chi connectivity index (χ0n) is 15.7. The van der Waals surface area contributed by atoms with Gasteiger partial charge in [-0.3, -0.25) is 9.59 Å². The van der Waals surface area contributed by atoms with Gasteiger partial charge in [-0.15, -0.1) is 0 Å². The molecule has 4 saturated carbocycles. The topological polar surface area (TPSA) is 48.3 Å². The minimum absolute atomic E-state index is 0.0303. The van der Waals surface area contributed by atoms with E-state index in [1.165, 1.54) is 24.6 Å². The molecule has 4 nitrogen and oxygen atoms in total. The number of ketones is 1. The van der Waals surface area contributed by atoms with E-state index in [0.717, 1.165) is 42.5 Å². The number of aromatic nitrogens is 1. The maximum absolute atomic E-state index is 12.9. The van der Waals surface area contributed by atoms with Gasteiger partial charge in [-0.05, 0) is 73.8 Å². The van der Waals surface area contributed by atoms with E-state index >= 15 is 0 Å². The van der Waals surface area contributed by atoms with Crippen molar-refractivity contribution in [2.75, 3.05) is 6.61 Å². The van der Waals surface area contributed by atoms with E-state index in [1.54, 1.807) is 0 Å².